The summed E-state index contributed by atoms with van der Waals surface area (Å²) in [7, 11) is -1.59. The van der Waals surface area contributed by atoms with E-state index in [2.05, 4.69) is 17.0 Å². The standard InChI is InChI=1S/C10H22N2O2S/c1-9-5-3-4-6-10(9)12-7-8-15(13,14)11-2/h9-12H,3-8H2,1-2H3. The predicted molar refractivity (Wildman–Crippen MR) is 62.3 cm³/mol. The van der Waals surface area contributed by atoms with Crippen molar-refractivity contribution in [2.45, 2.75) is 38.6 Å². The van der Waals surface area contributed by atoms with Crippen LogP contribution in [-0.4, -0.2) is 33.8 Å². The fraction of sp³-hybridized carbons (Fsp3) is 1.00. The van der Waals surface area contributed by atoms with Crippen LogP contribution in [0.15, 0.2) is 0 Å². The van der Waals surface area contributed by atoms with Gasteiger partial charge >= 0.3 is 0 Å². The SMILES string of the molecule is CNS(=O)(=O)CCNC1CCCCC1C. The van der Waals surface area contributed by atoms with Gasteiger partial charge in [-0.2, -0.15) is 0 Å². The lowest BCUT2D eigenvalue weighted by molar-refractivity contribution is 0.285. The third-order valence-corrected chi connectivity index (χ3v) is 4.56. The first kappa shape index (κ1) is 12.9. The van der Waals surface area contributed by atoms with Crippen LogP contribution in [0.5, 0.6) is 0 Å². The molecule has 0 amide bonds. The molecule has 0 saturated heterocycles. The second-order valence-corrected chi connectivity index (χ2v) is 6.39. The zero-order chi connectivity index (χ0) is 11.3. The highest BCUT2D eigenvalue weighted by atomic mass is 32.2. The highest BCUT2D eigenvalue weighted by molar-refractivity contribution is 7.89. The van der Waals surface area contributed by atoms with Crippen molar-refractivity contribution in [1.29, 1.82) is 0 Å². The third-order valence-electron chi connectivity index (χ3n) is 3.20. The first-order valence-electron chi connectivity index (χ1n) is 5.70. The fourth-order valence-electron chi connectivity index (χ4n) is 2.10. The number of sulfonamides is 1. The quantitative estimate of drug-likeness (QED) is 0.736. The summed E-state index contributed by atoms with van der Waals surface area (Å²) in [6.45, 7) is 2.79. The number of nitrogens with one attached hydrogen (secondary N) is 2. The van der Waals surface area contributed by atoms with Gasteiger partial charge in [0.2, 0.25) is 10.0 Å². The van der Waals surface area contributed by atoms with Gasteiger partial charge in [-0.3, -0.25) is 0 Å². The fourth-order valence-corrected chi connectivity index (χ4v) is 2.69. The Kier molecular flexibility index (Phi) is 5.02. The largest absolute Gasteiger partial charge is 0.313 e. The van der Waals surface area contributed by atoms with Crippen LogP contribution in [0.4, 0.5) is 0 Å². The van der Waals surface area contributed by atoms with Crippen molar-refractivity contribution >= 4 is 10.0 Å². The Morgan fingerprint density at radius 2 is 1.93 bits per heavy atom. The Balaban J connectivity index is 2.25. The van der Waals surface area contributed by atoms with Gasteiger partial charge < -0.3 is 5.32 Å². The van der Waals surface area contributed by atoms with E-state index in [9.17, 15) is 8.42 Å². The Bertz CT molecular complexity index is 277. The number of hydrogen-bond donors (Lipinski definition) is 2. The van der Waals surface area contributed by atoms with Gasteiger partial charge in [0.25, 0.3) is 0 Å². The molecule has 0 aromatic rings. The molecule has 90 valence electrons. The lowest BCUT2D eigenvalue weighted by Gasteiger charge is -2.29. The summed E-state index contributed by atoms with van der Waals surface area (Å²) in [5.74, 6) is 0.850. The lowest BCUT2D eigenvalue weighted by atomic mass is 9.86. The Hall–Kier alpha value is -0.130. The summed E-state index contributed by atoms with van der Waals surface area (Å²) in [5.41, 5.74) is 0. The van der Waals surface area contributed by atoms with Gasteiger partial charge in [-0.1, -0.05) is 19.8 Å². The van der Waals surface area contributed by atoms with E-state index in [1.165, 1.54) is 32.7 Å². The van der Waals surface area contributed by atoms with Crippen molar-refractivity contribution in [3.05, 3.63) is 0 Å². The highest BCUT2D eigenvalue weighted by Crippen LogP contribution is 2.23. The van der Waals surface area contributed by atoms with E-state index >= 15 is 0 Å². The molecule has 1 rings (SSSR count). The molecule has 0 radical (unpaired) electrons. The molecule has 1 saturated carbocycles. The van der Waals surface area contributed by atoms with E-state index in [0.717, 1.165) is 0 Å². The molecule has 2 unspecified atom stereocenters. The van der Waals surface area contributed by atoms with Crippen LogP contribution in [0.25, 0.3) is 0 Å². The second kappa shape index (κ2) is 5.82. The molecule has 1 aliphatic carbocycles. The molecule has 4 nitrogen and oxygen atoms in total. The van der Waals surface area contributed by atoms with Gasteiger partial charge in [-0.15, -0.1) is 0 Å². The van der Waals surface area contributed by atoms with Gasteiger partial charge in [0.15, 0.2) is 0 Å². The van der Waals surface area contributed by atoms with E-state index in [1.807, 2.05) is 0 Å². The topological polar surface area (TPSA) is 58.2 Å². The molecule has 0 aromatic heterocycles. The van der Waals surface area contributed by atoms with Gasteiger partial charge in [-0.25, -0.2) is 13.1 Å². The maximum absolute atomic E-state index is 11.2. The molecule has 1 fully saturated rings. The maximum Gasteiger partial charge on any atom is 0.212 e. The molecule has 0 aromatic carbocycles. The van der Waals surface area contributed by atoms with Gasteiger partial charge in [-0.05, 0) is 25.8 Å². The average molecular weight is 234 g/mol. The minimum Gasteiger partial charge on any atom is -0.313 e. The monoisotopic (exact) mass is 234 g/mol. The molecule has 0 spiro atoms. The Morgan fingerprint density at radius 1 is 1.27 bits per heavy atom. The van der Waals surface area contributed by atoms with Crippen molar-refractivity contribution in [3.63, 3.8) is 0 Å². The average Bonchev–Trinajstić information content (AvgIpc) is 2.21. The van der Waals surface area contributed by atoms with Crippen molar-refractivity contribution in [3.8, 4) is 0 Å². The normalized spacial score (nSPS) is 27.9. The second-order valence-electron chi connectivity index (χ2n) is 4.35. The van der Waals surface area contributed by atoms with E-state index in [0.29, 0.717) is 18.5 Å². The third kappa shape index (κ3) is 4.49. The zero-order valence-electron chi connectivity index (χ0n) is 9.62. The first-order chi connectivity index (χ1) is 7.05. The molecular weight excluding hydrogens is 212 g/mol. The van der Waals surface area contributed by atoms with Crippen LogP contribution in [0, 0.1) is 5.92 Å². The van der Waals surface area contributed by atoms with Crippen LogP contribution >= 0.6 is 0 Å². The molecule has 2 N–H and O–H groups in total. The molecule has 0 bridgehead atoms. The van der Waals surface area contributed by atoms with Crippen molar-refractivity contribution in [2.75, 3.05) is 19.3 Å². The van der Waals surface area contributed by atoms with Crippen LogP contribution in [0.2, 0.25) is 0 Å². The van der Waals surface area contributed by atoms with Crippen molar-refractivity contribution in [2.24, 2.45) is 5.92 Å². The molecular formula is C10H22N2O2S. The van der Waals surface area contributed by atoms with Crippen LogP contribution in [0.1, 0.15) is 32.6 Å². The minimum absolute atomic E-state index is 0.173. The van der Waals surface area contributed by atoms with E-state index in [4.69, 9.17) is 0 Å². The minimum atomic E-state index is -3.05. The maximum atomic E-state index is 11.2. The Labute approximate surface area is 92.9 Å². The molecule has 2 atom stereocenters. The van der Waals surface area contributed by atoms with E-state index in [1.54, 1.807) is 0 Å². The summed E-state index contributed by atoms with van der Waals surface area (Å²) < 4.78 is 24.7. The van der Waals surface area contributed by atoms with Gasteiger partial charge in [0, 0.05) is 12.6 Å². The molecule has 5 heteroatoms. The van der Waals surface area contributed by atoms with Crippen molar-refractivity contribution < 1.29 is 8.42 Å². The summed E-state index contributed by atoms with van der Waals surface area (Å²) >= 11 is 0. The van der Waals surface area contributed by atoms with Crippen LogP contribution in [-0.2, 0) is 10.0 Å². The van der Waals surface area contributed by atoms with Gasteiger partial charge in [0.05, 0.1) is 5.75 Å². The first-order valence-corrected chi connectivity index (χ1v) is 7.35. The van der Waals surface area contributed by atoms with Crippen LogP contribution in [0.3, 0.4) is 0 Å². The molecule has 15 heavy (non-hydrogen) atoms. The highest BCUT2D eigenvalue weighted by Gasteiger charge is 2.20. The smallest absolute Gasteiger partial charge is 0.212 e. The summed E-state index contributed by atoms with van der Waals surface area (Å²) in [6, 6.07) is 0.505. The zero-order valence-corrected chi connectivity index (χ0v) is 10.4. The van der Waals surface area contributed by atoms with Crippen molar-refractivity contribution in [1.82, 2.24) is 10.0 Å². The Morgan fingerprint density at radius 3 is 2.53 bits per heavy atom. The summed E-state index contributed by atoms with van der Waals surface area (Å²) in [6.07, 6.45) is 5.02. The molecule has 1 aliphatic rings. The van der Waals surface area contributed by atoms with E-state index in [-0.39, 0.29) is 5.75 Å². The van der Waals surface area contributed by atoms with Crippen LogP contribution < -0.4 is 10.0 Å². The van der Waals surface area contributed by atoms with Gasteiger partial charge in [0.1, 0.15) is 0 Å². The lowest BCUT2D eigenvalue weighted by Crippen LogP contribution is -2.40. The number of hydrogen-bond acceptors (Lipinski definition) is 3. The number of rotatable bonds is 5. The summed E-state index contributed by atoms with van der Waals surface area (Å²) in [4.78, 5) is 0. The molecule has 0 aliphatic heterocycles. The summed E-state index contributed by atoms with van der Waals surface area (Å²) in [5, 5.41) is 3.34. The molecule has 0 heterocycles. The predicted octanol–water partition coefficient (Wildman–Crippen LogP) is 0.704. The van der Waals surface area contributed by atoms with E-state index < -0.39 is 10.0 Å².